The zero-order chi connectivity index (χ0) is 16.8. The van der Waals surface area contributed by atoms with Gasteiger partial charge in [-0.25, -0.2) is 0 Å². The Kier molecular flexibility index (Phi) is 3.55. The number of H-pyrrole nitrogens is 1. The number of rotatable bonds is 2. The van der Waals surface area contributed by atoms with Gasteiger partial charge in [-0.15, -0.1) is 0 Å². The van der Waals surface area contributed by atoms with E-state index in [1.165, 1.54) is 10.9 Å². The van der Waals surface area contributed by atoms with Gasteiger partial charge < -0.3 is 20.5 Å². The number of aromatic nitrogens is 2. The number of para-hydroxylation sites is 1. The summed E-state index contributed by atoms with van der Waals surface area (Å²) in [5, 5.41) is 25.1. The maximum absolute atomic E-state index is 10.6. The van der Waals surface area contributed by atoms with Crippen LogP contribution in [0.2, 0.25) is 0 Å². The molecular weight excluding hydrogens is 302 g/mol. The van der Waals surface area contributed by atoms with Crippen LogP contribution in [0.4, 0.5) is 0 Å². The maximum atomic E-state index is 10.6. The molecule has 2 atom stereocenters. The number of hydrogen-bond acceptors (Lipinski definition) is 4. The Morgan fingerprint density at radius 3 is 2.88 bits per heavy atom. The predicted octanol–water partition coefficient (Wildman–Crippen LogP) is 2.69. The van der Waals surface area contributed by atoms with Gasteiger partial charge in [-0.1, -0.05) is 18.2 Å². The zero-order valence-electron chi connectivity index (χ0n) is 13.8. The zero-order valence-corrected chi connectivity index (χ0v) is 13.8. The minimum Gasteiger partial charge on any atom is -0.506 e. The lowest BCUT2D eigenvalue weighted by atomic mass is 9.88. The number of nitrogens with one attached hydrogen (secondary N) is 2. The van der Waals surface area contributed by atoms with Crippen LogP contribution in [0.25, 0.3) is 10.9 Å². The second-order valence-electron chi connectivity index (χ2n) is 6.56. The van der Waals surface area contributed by atoms with Gasteiger partial charge in [0.15, 0.2) is 0 Å². The van der Waals surface area contributed by atoms with Gasteiger partial charge in [0.2, 0.25) is 0 Å². The minimum atomic E-state index is -0.194. The molecule has 0 spiro atoms. The van der Waals surface area contributed by atoms with Crippen LogP contribution in [-0.4, -0.2) is 26.2 Å². The highest BCUT2D eigenvalue weighted by molar-refractivity contribution is 5.85. The molecule has 24 heavy (non-hydrogen) atoms. The Bertz CT molecular complexity index is 916. The number of aryl methyl sites for hydroxylation is 1. The summed E-state index contributed by atoms with van der Waals surface area (Å²) >= 11 is 0. The smallest absolute Gasteiger partial charge is 0.142 e. The molecule has 0 bridgehead atoms. The average molecular weight is 323 g/mol. The van der Waals surface area contributed by atoms with E-state index in [0.717, 1.165) is 17.6 Å². The normalized spacial score (nSPS) is 20.3. The average Bonchev–Trinajstić information content (AvgIpc) is 2.95. The molecule has 1 aromatic carbocycles. The predicted molar refractivity (Wildman–Crippen MR) is 93.0 cm³/mol. The lowest BCUT2D eigenvalue weighted by Crippen LogP contribution is -2.38. The summed E-state index contributed by atoms with van der Waals surface area (Å²) in [5.74, 6) is 0.151. The van der Waals surface area contributed by atoms with Gasteiger partial charge in [0.1, 0.15) is 5.75 Å². The Hall–Kier alpha value is -2.37. The van der Waals surface area contributed by atoms with Crippen LogP contribution < -0.4 is 5.32 Å². The van der Waals surface area contributed by atoms with Crippen molar-refractivity contribution in [3.8, 4) is 5.75 Å². The number of aliphatic hydroxyl groups is 1. The third kappa shape index (κ3) is 2.20. The molecule has 0 aliphatic carbocycles. The molecule has 1 aliphatic heterocycles. The highest BCUT2D eigenvalue weighted by Crippen LogP contribution is 2.40. The first-order valence-electron chi connectivity index (χ1n) is 8.24. The topological polar surface area (TPSA) is 81.2 Å². The van der Waals surface area contributed by atoms with Crippen LogP contribution in [0.3, 0.4) is 0 Å². The monoisotopic (exact) mass is 323 g/mol. The fourth-order valence-corrected chi connectivity index (χ4v) is 3.75. The summed E-state index contributed by atoms with van der Waals surface area (Å²) in [6.45, 7) is 3.76. The molecule has 0 radical (unpaired) electrons. The Morgan fingerprint density at radius 2 is 2.08 bits per heavy atom. The van der Waals surface area contributed by atoms with Gasteiger partial charge in [-0.2, -0.15) is 0 Å². The van der Waals surface area contributed by atoms with Gasteiger partial charge in [0.05, 0.1) is 18.3 Å². The second kappa shape index (κ2) is 5.61. The first kappa shape index (κ1) is 15.2. The molecule has 4 N–H and O–H groups in total. The van der Waals surface area contributed by atoms with E-state index in [1.54, 1.807) is 13.1 Å². The van der Waals surface area contributed by atoms with Gasteiger partial charge in [-0.05, 0) is 31.9 Å². The van der Waals surface area contributed by atoms with Crippen LogP contribution in [0, 0.1) is 6.92 Å². The molecule has 5 heteroatoms. The van der Waals surface area contributed by atoms with E-state index >= 15 is 0 Å². The summed E-state index contributed by atoms with van der Waals surface area (Å²) in [6.07, 6.45) is 2.57. The number of nitrogens with zero attached hydrogens (tertiary/aromatic N) is 1. The third-order valence-electron chi connectivity index (χ3n) is 4.91. The molecule has 5 nitrogen and oxygen atoms in total. The second-order valence-corrected chi connectivity index (χ2v) is 6.56. The molecule has 4 rings (SSSR count). The number of fused-ring (bicyclic) bond motifs is 3. The van der Waals surface area contributed by atoms with E-state index < -0.39 is 0 Å². The van der Waals surface area contributed by atoms with Crippen LogP contribution in [0.15, 0.2) is 30.5 Å². The van der Waals surface area contributed by atoms with Gasteiger partial charge >= 0.3 is 0 Å². The van der Waals surface area contributed by atoms with E-state index in [1.807, 2.05) is 12.1 Å². The molecular formula is C19H21N3O2. The Balaban J connectivity index is 1.97. The molecule has 2 aromatic heterocycles. The summed E-state index contributed by atoms with van der Waals surface area (Å²) in [6, 6.07) is 8.33. The molecule has 1 aliphatic rings. The highest BCUT2D eigenvalue weighted by atomic mass is 16.3. The number of aromatic hydroxyl groups is 1. The van der Waals surface area contributed by atoms with Crippen molar-refractivity contribution < 1.29 is 10.2 Å². The van der Waals surface area contributed by atoms with Crippen LogP contribution in [0.5, 0.6) is 5.75 Å². The summed E-state index contributed by atoms with van der Waals surface area (Å²) in [4.78, 5) is 7.68. The molecule has 0 amide bonds. The van der Waals surface area contributed by atoms with E-state index in [4.69, 9.17) is 0 Å². The fourth-order valence-electron chi connectivity index (χ4n) is 3.75. The number of pyridine rings is 1. The SMILES string of the molecule is Cc1ncc(CO)c(C2NC(C)Cc3c2[nH]c2ccccc32)c1O. The number of aliphatic hydroxyl groups excluding tert-OH is 1. The molecule has 0 fully saturated rings. The quantitative estimate of drug-likeness (QED) is 0.584. The molecule has 3 heterocycles. The lowest BCUT2D eigenvalue weighted by Gasteiger charge is -2.31. The fraction of sp³-hybridized carbons (Fsp3) is 0.316. The molecule has 0 saturated carbocycles. The minimum absolute atomic E-state index is 0.151. The highest BCUT2D eigenvalue weighted by Gasteiger charge is 2.32. The summed E-state index contributed by atoms with van der Waals surface area (Å²) in [5.41, 5.74) is 5.36. The molecule has 2 unspecified atom stereocenters. The van der Waals surface area contributed by atoms with E-state index in [2.05, 4.69) is 34.3 Å². The number of aromatic amines is 1. The first-order chi connectivity index (χ1) is 11.6. The van der Waals surface area contributed by atoms with E-state index in [9.17, 15) is 10.2 Å². The molecule has 0 saturated heterocycles. The standard InChI is InChI=1S/C19H21N3O2/c1-10-7-14-13-5-3-4-6-15(13)22-17(14)18(21-10)16-12(9-23)8-20-11(2)19(16)24/h3-6,8,10,18,21-24H,7,9H2,1-2H3. The van der Waals surface area contributed by atoms with Crippen molar-refractivity contribution in [2.24, 2.45) is 0 Å². The summed E-state index contributed by atoms with van der Waals surface area (Å²) < 4.78 is 0. The van der Waals surface area contributed by atoms with Crippen LogP contribution >= 0.6 is 0 Å². The van der Waals surface area contributed by atoms with Crippen LogP contribution in [-0.2, 0) is 13.0 Å². The number of benzene rings is 1. The van der Waals surface area contributed by atoms with Crippen LogP contribution in [0.1, 0.15) is 41.0 Å². The van der Waals surface area contributed by atoms with Crippen molar-refractivity contribution in [1.29, 1.82) is 0 Å². The largest absolute Gasteiger partial charge is 0.506 e. The van der Waals surface area contributed by atoms with E-state index in [-0.39, 0.29) is 24.4 Å². The van der Waals surface area contributed by atoms with Gasteiger partial charge in [0, 0.05) is 40.0 Å². The van der Waals surface area contributed by atoms with Crippen molar-refractivity contribution in [1.82, 2.24) is 15.3 Å². The van der Waals surface area contributed by atoms with Gasteiger partial charge in [0.25, 0.3) is 0 Å². The lowest BCUT2D eigenvalue weighted by molar-refractivity contribution is 0.277. The Labute approximate surface area is 140 Å². The van der Waals surface area contributed by atoms with Crippen molar-refractivity contribution in [2.75, 3.05) is 0 Å². The number of hydrogen-bond donors (Lipinski definition) is 4. The summed E-state index contributed by atoms with van der Waals surface area (Å²) in [7, 11) is 0. The van der Waals surface area contributed by atoms with E-state index in [0.29, 0.717) is 16.8 Å². The van der Waals surface area contributed by atoms with Crippen molar-refractivity contribution in [2.45, 2.75) is 39.0 Å². The van der Waals surface area contributed by atoms with Gasteiger partial charge in [-0.3, -0.25) is 4.98 Å². The maximum Gasteiger partial charge on any atom is 0.142 e. The third-order valence-corrected chi connectivity index (χ3v) is 4.91. The molecule has 124 valence electrons. The van der Waals surface area contributed by atoms with Crippen molar-refractivity contribution in [3.63, 3.8) is 0 Å². The van der Waals surface area contributed by atoms with Crippen molar-refractivity contribution >= 4 is 10.9 Å². The first-order valence-corrected chi connectivity index (χ1v) is 8.24. The van der Waals surface area contributed by atoms with Crippen molar-refractivity contribution in [3.05, 3.63) is 58.5 Å². The Morgan fingerprint density at radius 1 is 1.29 bits per heavy atom. The molecule has 3 aromatic rings.